The minimum Gasteiger partial charge on any atom is -0.462 e. The van der Waals surface area contributed by atoms with Crippen LogP contribution in [0.4, 0.5) is 0 Å². The summed E-state index contributed by atoms with van der Waals surface area (Å²) >= 11 is 0. The van der Waals surface area contributed by atoms with E-state index >= 15 is 0 Å². The number of hydrogen-bond donors (Lipinski definition) is 0. The molecule has 0 bridgehead atoms. The van der Waals surface area contributed by atoms with Gasteiger partial charge in [-0.1, -0.05) is 210 Å². The van der Waals surface area contributed by atoms with E-state index in [0.29, 0.717) is 19.3 Å². The van der Waals surface area contributed by atoms with Gasteiger partial charge in [0, 0.05) is 19.3 Å². The largest absolute Gasteiger partial charge is 0.462 e. The van der Waals surface area contributed by atoms with E-state index in [9.17, 15) is 14.4 Å². The summed E-state index contributed by atoms with van der Waals surface area (Å²) in [5.41, 5.74) is 0. The summed E-state index contributed by atoms with van der Waals surface area (Å²) in [4.78, 5) is 37.7. The highest BCUT2D eigenvalue weighted by molar-refractivity contribution is 5.71. The van der Waals surface area contributed by atoms with E-state index in [0.717, 1.165) is 96.3 Å². The van der Waals surface area contributed by atoms with Crippen LogP contribution in [0.2, 0.25) is 0 Å². The molecule has 0 saturated heterocycles. The van der Waals surface area contributed by atoms with Crippen LogP contribution < -0.4 is 0 Å². The molecule has 0 N–H and O–H groups in total. The van der Waals surface area contributed by atoms with E-state index < -0.39 is 6.10 Å². The van der Waals surface area contributed by atoms with Crippen LogP contribution in [0.1, 0.15) is 252 Å². The van der Waals surface area contributed by atoms with Crippen molar-refractivity contribution < 1.29 is 28.6 Å². The summed E-state index contributed by atoms with van der Waals surface area (Å²) in [7, 11) is 0. The van der Waals surface area contributed by atoms with Crippen molar-refractivity contribution in [1.29, 1.82) is 0 Å². The Morgan fingerprint density at radius 2 is 0.639 bits per heavy atom. The van der Waals surface area contributed by atoms with Crippen molar-refractivity contribution in [1.82, 2.24) is 0 Å². The van der Waals surface area contributed by atoms with E-state index in [1.165, 1.54) is 116 Å². The second-order valence-electron chi connectivity index (χ2n) is 17.1. The molecule has 0 spiro atoms. The number of carbonyl (C=O) groups is 3. The molecule has 352 valence electrons. The number of rotatable bonds is 46. The molecule has 6 nitrogen and oxygen atoms in total. The molecule has 0 aliphatic carbocycles. The fourth-order valence-electron chi connectivity index (χ4n) is 7.13. The van der Waals surface area contributed by atoms with E-state index in [1.54, 1.807) is 0 Å². The predicted octanol–water partition coefficient (Wildman–Crippen LogP) is 16.9. The molecule has 1 atom stereocenters. The van der Waals surface area contributed by atoms with Gasteiger partial charge in [0.2, 0.25) is 0 Å². The molecule has 0 aliphatic heterocycles. The van der Waals surface area contributed by atoms with Crippen molar-refractivity contribution >= 4 is 17.9 Å². The van der Waals surface area contributed by atoms with Crippen molar-refractivity contribution in [2.45, 2.75) is 258 Å². The maximum absolute atomic E-state index is 12.7. The molecule has 0 rings (SSSR count). The SMILES string of the molecule is CC/C=C\C/C=C\C/C=C\CCCCCCCCCC(=O)OC(COC(=O)CCCCCCC)COC(=O)CCCCCCCCCCC/C=C\C/C=C\CCCCCCC. The third-order valence-electron chi connectivity index (χ3n) is 11.0. The lowest BCUT2D eigenvalue weighted by Crippen LogP contribution is -2.30. The first-order chi connectivity index (χ1) is 30.0. The lowest BCUT2D eigenvalue weighted by molar-refractivity contribution is -0.167. The second kappa shape index (κ2) is 49.8. The van der Waals surface area contributed by atoms with Gasteiger partial charge in [0.25, 0.3) is 0 Å². The zero-order chi connectivity index (χ0) is 44.4. The third-order valence-corrected chi connectivity index (χ3v) is 11.0. The number of ether oxygens (including phenoxy) is 3. The smallest absolute Gasteiger partial charge is 0.306 e. The molecule has 6 heteroatoms. The quantitative estimate of drug-likeness (QED) is 0.0263. The Bertz CT molecular complexity index is 1120. The molecule has 0 aromatic rings. The first kappa shape index (κ1) is 58.1. The maximum atomic E-state index is 12.7. The topological polar surface area (TPSA) is 78.9 Å². The molecular weight excluding hydrogens is 757 g/mol. The van der Waals surface area contributed by atoms with Gasteiger partial charge in [-0.3, -0.25) is 14.4 Å². The fourth-order valence-corrected chi connectivity index (χ4v) is 7.13. The van der Waals surface area contributed by atoms with E-state index in [-0.39, 0.29) is 31.1 Å². The van der Waals surface area contributed by atoms with Crippen LogP contribution in [-0.2, 0) is 28.6 Å². The van der Waals surface area contributed by atoms with Gasteiger partial charge in [0.05, 0.1) is 0 Å². The van der Waals surface area contributed by atoms with Gasteiger partial charge in [-0.15, -0.1) is 0 Å². The minimum absolute atomic E-state index is 0.0804. The molecule has 0 aliphatic rings. The number of hydrogen-bond acceptors (Lipinski definition) is 6. The van der Waals surface area contributed by atoms with E-state index in [2.05, 4.69) is 81.5 Å². The fraction of sp³-hybridized carbons (Fsp3) is 0.764. The Balaban J connectivity index is 4.16. The Morgan fingerprint density at radius 1 is 0.344 bits per heavy atom. The highest BCUT2D eigenvalue weighted by atomic mass is 16.6. The van der Waals surface area contributed by atoms with Gasteiger partial charge in [-0.2, -0.15) is 0 Å². The van der Waals surface area contributed by atoms with Gasteiger partial charge < -0.3 is 14.2 Å². The lowest BCUT2D eigenvalue weighted by Gasteiger charge is -2.18. The first-order valence-corrected chi connectivity index (χ1v) is 25.8. The minimum atomic E-state index is -0.776. The molecule has 61 heavy (non-hydrogen) atoms. The summed E-state index contributed by atoms with van der Waals surface area (Å²) in [5, 5.41) is 0. The molecule has 0 saturated carbocycles. The normalized spacial score (nSPS) is 12.5. The summed E-state index contributed by atoms with van der Waals surface area (Å²) < 4.78 is 16.7. The second-order valence-corrected chi connectivity index (χ2v) is 17.1. The molecule has 0 radical (unpaired) electrons. The standard InChI is InChI=1S/C55H96O6/c1-4-7-10-13-15-17-19-21-23-25-26-27-28-30-31-33-35-37-39-42-45-48-54(57)60-51-52(50-59-53(56)47-44-41-12-9-6-3)61-55(58)49-46-43-40-38-36-34-32-29-24-22-20-18-16-14-11-8-5-2/h8,11,16,18-19,21-22,24-26,52H,4-7,9-10,12-15,17,20,23,27-51H2,1-3H3/b11-8-,18-16-,21-19-,24-22-,26-25-. The number of esters is 3. The van der Waals surface area contributed by atoms with Crippen LogP contribution in [0.3, 0.4) is 0 Å². The van der Waals surface area contributed by atoms with Crippen molar-refractivity contribution in [2.75, 3.05) is 13.2 Å². The molecule has 0 heterocycles. The van der Waals surface area contributed by atoms with Gasteiger partial charge in [0.1, 0.15) is 13.2 Å². The lowest BCUT2D eigenvalue weighted by atomic mass is 10.1. The van der Waals surface area contributed by atoms with Crippen molar-refractivity contribution in [2.24, 2.45) is 0 Å². The predicted molar refractivity (Wildman–Crippen MR) is 261 cm³/mol. The molecule has 0 aromatic carbocycles. The highest BCUT2D eigenvalue weighted by Gasteiger charge is 2.19. The van der Waals surface area contributed by atoms with Gasteiger partial charge >= 0.3 is 17.9 Å². The summed E-state index contributed by atoms with van der Waals surface area (Å²) in [6, 6.07) is 0. The number of unbranched alkanes of at least 4 members (excludes halogenated alkanes) is 25. The van der Waals surface area contributed by atoms with Crippen LogP contribution in [0.15, 0.2) is 60.8 Å². The Hall–Kier alpha value is -2.89. The number of allylic oxidation sites excluding steroid dienone is 10. The maximum Gasteiger partial charge on any atom is 0.306 e. The Morgan fingerprint density at radius 3 is 1.00 bits per heavy atom. The average molecular weight is 853 g/mol. The van der Waals surface area contributed by atoms with Gasteiger partial charge in [-0.25, -0.2) is 0 Å². The monoisotopic (exact) mass is 853 g/mol. The first-order valence-electron chi connectivity index (χ1n) is 25.8. The van der Waals surface area contributed by atoms with Crippen LogP contribution in [0.25, 0.3) is 0 Å². The van der Waals surface area contributed by atoms with Crippen molar-refractivity contribution in [3.8, 4) is 0 Å². The van der Waals surface area contributed by atoms with Gasteiger partial charge in [-0.05, 0) is 83.5 Å². The van der Waals surface area contributed by atoms with Crippen LogP contribution in [-0.4, -0.2) is 37.2 Å². The van der Waals surface area contributed by atoms with Crippen molar-refractivity contribution in [3.05, 3.63) is 60.8 Å². The van der Waals surface area contributed by atoms with Crippen molar-refractivity contribution in [3.63, 3.8) is 0 Å². The zero-order valence-electron chi connectivity index (χ0n) is 40.2. The molecule has 0 aromatic heterocycles. The Labute approximate surface area is 377 Å². The van der Waals surface area contributed by atoms with E-state index in [1.807, 2.05) is 0 Å². The summed E-state index contributed by atoms with van der Waals surface area (Å²) in [5.74, 6) is -0.905. The number of carbonyl (C=O) groups excluding carboxylic acids is 3. The van der Waals surface area contributed by atoms with Crippen LogP contribution in [0.5, 0.6) is 0 Å². The Kier molecular flexibility index (Phi) is 47.4. The highest BCUT2D eigenvalue weighted by Crippen LogP contribution is 2.14. The van der Waals surface area contributed by atoms with Crippen LogP contribution >= 0.6 is 0 Å². The zero-order valence-corrected chi connectivity index (χ0v) is 40.2. The average Bonchev–Trinajstić information content (AvgIpc) is 3.26. The molecule has 0 fully saturated rings. The van der Waals surface area contributed by atoms with Crippen LogP contribution in [0, 0.1) is 0 Å². The molecular formula is C55H96O6. The summed E-state index contributed by atoms with van der Waals surface area (Å²) in [6.45, 7) is 6.43. The molecule has 0 amide bonds. The van der Waals surface area contributed by atoms with Gasteiger partial charge in [0.15, 0.2) is 6.10 Å². The van der Waals surface area contributed by atoms with E-state index in [4.69, 9.17) is 14.2 Å². The summed E-state index contributed by atoms with van der Waals surface area (Å²) in [6.07, 6.45) is 61.0. The third kappa shape index (κ3) is 48.0. The molecule has 1 unspecified atom stereocenters.